The van der Waals surface area contributed by atoms with Gasteiger partial charge in [0.15, 0.2) is 0 Å². The van der Waals surface area contributed by atoms with E-state index in [-0.39, 0.29) is 12.6 Å². The van der Waals surface area contributed by atoms with Crippen molar-refractivity contribution in [1.29, 1.82) is 0 Å². The lowest BCUT2D eigenvalue weighted by atomic mass is 10.3. The zero-order valence-electron chi connectivity index (χ0n) is 6.40. The van der Waals surface area contributed by atoms with Crippen molar-refractivity contribution in [2.45, 2.75) is 6.04 Å². The third kappa shape index (κ3) is 2.47. The van der Waals surface area contributed by atoms with Crippen LogP contribution in [0.2, 0.25) is 0 Å². The number of aldehydes is 1. The molecule has 1 aliphatic rings. The van der Waals surface area contributed by atoms with Crippen molar-refractivity contribution >= 4 is 18.0 Å². The quantitative estimate of drug-likeness (QED) is 0.592. The number of nitrogens with zero attached hydrogens (tertiary/aromatic N) is 1. The maximum atomic E-state index is 10.5. The zero-order chi connectivity index (χ0) is 8.10. The van der Waals surface area contributed by atoms with Crippen molar-refractivity contribution in [3.05, 3.63) is 0 Å². The first-order chi connectivity index (χ1) is 5.38. The van der Waals surface area contributed by atoms with Gasteiger partial charge < -0.3 is 9.90 Å². The number of rotatable bonds is 3. The van der Waals surface area contributed by atoms with E-state index in [1.165, 1.54) is 0 Å². The lowest BCUT2D eigenvalue weighted by Gasteiger charge is -2.30. The lowest BCUT2D eigenvalue weighted by Crippen LogP contribution is -2.44. The fraction of sp³-hybridized carbons (Fsp3) is 0.857. The second-order valence-electron chi connectivity index (χ2n) is 2.54. The Morgan fingerprint density at radius 2 is 2.55 bits per heavy atom. The van der Waals surface area contributed by atoms with E-state index >= 15 is 0 Å². The molecular weight excluding hydrogens is 162 g/mol. The van der Waals surface area contributed by atoms with Gasteiger partial charge in [0.25, 0.3) is 0 Å². The maximum Gasteiger partial charge on any atom is 0.137 e. The molecule has 0 bridgehead atoms. The Morgan fingerprint density at radius 3 is 3.18 bits per heavy atom. The molecule has 4 heteroatoms. The minimum atomic E-state index is 0.0286. The van der Waals surface area contributed by atoms with Gasteiger partial charge in [0.05, 0.1) is 12.6 Å². The van der Waals surface area contributed by atoms with Crippen LogP contribution in [0, 0.1) is 0 Å². The minimum absolute atomic E-state index is 0.0286. The number of carbonyl (C=O) groups excluding carboxylic acids is 1. The Balaban J connectivity index is 2.37. The Bertz CT molecular complexity index is 130. The van der Waals surface area contributed by atoms with E-state index in [1.54, 1.807) is 11.8 Å². The molecule has 0 aromatic rings. The van der Waals surface area contributed by atoms with Gasteiger partial charge >= 0.3 is 0 Å². The average Bonchev–Trinajstić information content (AvgIpc) is 2.06. The second-order valence-corrected chi connectivity index (χ2v) is 3.69. The van der Waals surface area contributed by atoms with Crippen LogP contribution < -0.4 is 0 Å². The second kappa shape index (κ2) is 4.74. The van der Waals surface area contributed by atoms with E-state index < -0.39 is 0 Å². The molecule has 0 aromatic carbocycles. The van der Waals surface area contributed by atoms with E-state index in [1.807, 2.05) is 4.90 Å². The highest BCUT2D eigenvalue weighted by Crippen LogP contribution is 2.13. The van der Waals surface area contributed by atoms with Crippen LogP contribution in [0.15, 0.2) is 0 Å². The number of carbonyl (C=O) groups is 1. The normalized spacial score (nSPS) is 26.8. The van der Waals surface area contributed by atoms with Gasteiger partial charge in [-0.2, -0.15) is 11.8 Å². The van der Waals surface area contributed by atoms with Gasteiger partial charge in [-0.3, -0.25) is 4.90 Å². The molecule has 1 N–H and O–H groups in total. The van der Waals surface area contributed by atoms with Gasteiger partial charge in [0, 0.05) is 24.6 Å². The number of aliphatic hydroxyl groups is 1. The lowest BCUT2D eigenvalue weighted by molar-refractivity contribution is -0.111. The van der Waals surface area contributed by atoms with Crippen LogP contribution in [-0.2, 0) is 4.79 Å². The molecule has 0 spiro atoms. The van der Waals surface area contributed by atoms with Crippen molar-refractivity contribution in [2.24, 2.45) is 0 Å². The number of β-amino-alcohol motifs (C(OH)–C–C–N with tert-alkyl or cyclic N) is 1. The number of thioether (sulfide) groups is 1. The third-order valence-electron chi connectivity index (χ3n) is 1.82. The van der Waals surface area contributed by atoms with Gasteiger partial charge in [-0.15, -0.1) is 0 Å². The van der Waals surface area contributed by atoms with E-state index in [2.05, 4.69) is 0 Å². The summed E-state index contributed by atoms with van der Waals surface area (Å²) in [6.45, 7) is 1.70. The topological polar surface area (TPSA) is 40.5 Å². The Kier molecular flexibility index (Phi) is 3.90. The highest BCUT2D eigenvalue weighted by Gasteiger charge is 2.20. The van der Waals surface area contributed by atoms with Crippen molar-refractivity contribution < 1.29 is 9.90 Å². The van der Waals surface area contributed by atoms with E-state index in [4.69, 9.17) is 5.11 Å². The first-order valence-corrected chi connectivity index (χ1v) is 4.92. The number of hydrogen-bond acceptors (Lipinski definition) is 4. The molecule has 1 fully saturated rings. The van der Waals surface area contributed by atoms with Gasteiger partial charge in [-0.25, -0.2) is 0 Å². The molecule has 1 unspecified atom stereocenters. The highest BCUT2D eigenvalue weighted by molar-refractivity contribution is 7.99. The van der Waals surface area contributed by atoms with Gasteiger partial charge in [-0.1, -0.05) is 0 Å². The molecule has 1 saturated heterocycles. The van der Waals surface area contributed by atoms with Crippen LogP contribution in [0.25, 0.3) is 0 Å². The average molecular weight is 175 g/mol. The molecule has 64 valence electrons. The Hall–Kier alpha value is -0.0600. The molecule has 0 amide bonds. The molecule has 1 rings (SSSR count). The van der Waals surface area contributed by atoms with Crippen LogP contribution in [-0.4, -0.2) is 53.5 Å². The van der Waals surface area contributed by atoms with Crippen LogP contribution in [0.3, 0.4) is 0 Å². The molecule has 0 saturated carbocycles. The summed E-state index contributed by atoms with van der Waals surface area (Å²) in [5.74, 6) is 1.95. The summed E-state index contributed by atoms with van der Waals surface area (Å²) >= 11 is 1.80. The van der Waals surface area contributed by atoms with Crippen LogP contribution >= 0.6 is 11.8 Å². The van der Waals surface area contributed by atoms with Crippen LogP contribution in [0.5, 0.6) is 0 Å². The predicted octanol–water partition coefficient (Wildman–Crippen LogP) is -0.405. The van der Waals surface area contributed by atoms with Gasteiger partial charge in [-0.05, 0) is 0 Å². The summed E-state index contributed by atoms with van der Waals surface area (Å²) in [5, 5.41) is 8.67. The van der Waals surface area contributed by atoms with Crippen molar-refractivity contribution in [3.63, 3.8) is 0 Å². The van der Waals surface area contributed by atoms with Gasteiger partial charge in [0.2, 0.25) is 0 Å². The maximum absolute atomic E-state index is 10.5. The molecule has 11 heavy (non-hydrogen) atoms. The monoisotopic (exact) mass is 175 g/mol. The van der Waals surface area contributed by atoms with Gasteiger partial charge in [0.1, 0.15) is 6.29 Å². The summed E-state index contributed by atoms with van der Waals surface area (Å²) < 4.78 is 0. The van der Waals surface area contributed by atoms with Crippen LogP contribution in [0.1, 0.15) is 0 Å². The Labute approximate surface area is 70.8 Å². The summed E-state index contributed by atoms with van der Waals surface area (Å²) in [6, 6.07) is 0.0286. The van der Waals surface area contributed by atoms with E-state index in [9.17, 15) is 4.79 Å². The fourth-order valence-electron chi connectivity index (χ4n) is 1.19. The molecule has 3 nitrogen and oxygen atoms in total. The summed E-state index contributed by atoms with van der Waals surface area (Å²) in [5.41, 5.74) is 0. The molecule has 1 atom stereocenters. The summed E-state index contributed by atoms with van der Waals surface area (Å²) in [4.78, 5) is 12.5. The van der Waals surface area contributed by atoms with Crippen molar-refractivity contribution in [3.8, 4) is 0 Å². The SMILES string of the molecule is O=CC1CSCCN1CCO. The fourth-order valence-corrected chi connectivity index (χ4v) is 2.25. The van der Waals surface area contributed by atoms with E-state index in [0.717, 1.165) is 24.3 Å². The van der Waals surface area contributed by atoms with E-state index in [0.29, 0.717) is 6.54 Å². The summed E-state index contributed by atoms with van der Waals surface area (Å²) in [7, 11) is 0. The molecule has 0 aromatic heterocycles. The largest absolute Gasteiger partial charge is 0.395 e. The number of aliphatic hydroxyl groups excluding tert-OH is 1. The standard InChI is InChI=1S/C7H13NO2S/c9-3-1-8-2-4-11-6-7(8)5-10/h5,7,9H,1-4,6H2. The smallest absolute Gasteiger partial charge is 0.137 e. The van der Waals surface area contributed by atoms with Crippen molar-refractivity contribution in [2.75, 3.05) is 31.2 Å². The third-order valence-corrected chi connectivity index (χ3v) is 2.87. The Morgan fingerprint density at radius 1 is 1.73 bits per heavy atom. The zero-order valence-corrected chi connectivity index (χ0v) is 7.22. The predicted molar refractivity (Wildman–Crippen MR) is 45.8 cm³/mol. The highest BCUT2D eigenvalue weighted by atomic mass is 32.2. The first-order valence-electron chi connectivity index (χ1n) is 3.76. The molecular formula is C7H13NO2S. The minimum Gasteiger partial charge on any atom is -0.395 e. The molecule has 1 heterocycles. The molecule has 0 aliphatic carbocycles. The summed E-state index contributed by atoms with van der Waals surface area (Å²) in [6.07, 6.45) is 0.974. The van der Waals surface area contributed by atoms with Crippen molar-refractivity contribution in [1.82, 2.24) is 4.90 Å². The molecule has 1 aliphatic heterocycles. The van der Waals surface area contributed by atoms with Crippen LogP contribution in [0.4, 0.5) is 0 Å². The first kappa shape index (κ1) is 9.03. The molecule has 0 radical (unpaired) electrons. The number of hydrogen-bond donors (Lipinski definition) is 1.